The highest BCUT2D eigenvalue weighted by Gasteiger charge is 2.29. The van der Waals surface area contributed by atoms with Crippen LogP contribution in [0.2, 0.25) is 0 Å². The summed E-state index contributed by atoms with van der Waals surface area (Å²) in [6, 6.07) is 3.61. The molecule has 0 amide bonds. The highest BCUT2D eigenvalue weighted by atomic mass is 16.4. The molecule has 0 atom stereocenters. The van der Waals surface area contributed by atoms with Crippen LogP contribution in [-0.4, -0.2) is 43.6 Å². The number of phenols is 1. The minimum Gasteiger partial charge on any atom is -0.508 e. The van der Waals surface area contributed by atoms with E-state index in [-0.39, 0.29) is 17.9 Å². The quantitative estimate of drug-likeness (QED) is 0.494. The Labute approximate surface area is 175 Å². The summed E-state index contributed by atoms with van der Waals surface area (Å²) >= 11 is 0. The number of nitrogens with two attached hydrogens (primary N) is 1. The number of carbonyl (C=O) groups is 2. The second-order valence-corrected chi connectivity index (χ2v) is 8.72. The van der Waals surface area contributed by atoms with Gasteiger partial charge in [-0.3, -0.25) is 9.48 Å². The minimum absolute atomic E-state index is 0.0520. The Balaban J connectivity index is 1.97. The highest BCUT2D eigenvalue weighted by molar-refractivity contribution is 5.91. The lowest BCUT2D eigenvalue weighted by atomic mass is 9.81. The van der Waals surface area contributed by atoms with Crippen molar-refractivity contribution in [3.05, 3.63) is 34.5 Å². The second kappa shape index (κ2) is 8.47. The van der Waals surface area contributed by atoms with E-state index in [1.165, 1.54) is 4.68 Å². The van der Waals surface area contributed by atoms with Crippen LogP contribution in [-0.2, 0) is 30.6 Å². The van der Waals surface area contributed by atoms with Crippen LogP contribution in [0.3, 0.4) is 0 Å². The fourth-order valence-electron chi connectivity index (χ4n) is 4.13. The number of nitrogens with zero attached hydrogens (tertiary/aromatic N) is 2. The number of aromatic hydroxyl groups is 1. The first-order valence-electron chi connectivity index (χ1n) is 10.2. The van der Waals surface area contributed by atoms with Crippen molar-refractivity contribution in [2.75, 3.05) is 6.54 Å². The summed E-state index contributed by atoms with van der Waals surface area (Å²) < 4.78 is 1.53. The standard InChI is InChI=1S/C22H29N3O5/c1-22(2,12-18(27)28)7-6-14-10-16-13(11-17(14)26)4-5-15-19(16)24-25(9-3-8-23)20(15)21(29)30/h10-11,26H,3-9,12,23H2,1-2H3,(H,27,28)(H,29,30). The van der Waals surface area contributed by atoms with Crippen molar-refractivity contribution in [2.24, 2.45) is 11.1 Å². The third kappa shape index (κ3) is 4.48. The van der Waals surface area contributed by atoms with E-state index >= 15 is 0 Å². The average molecular weight is 415 g/mol. The van der Waals surface area contributed by atoms with Gasteiger partial charge in [0.1, 0.15) is 11.4 Å². The van der Waals surface area contributed by atoms with Gasteiger partial charge in [0.2, 0.25) is 0 Å². The molecule has 0 saturated carbocycles. The molecule has 8 nitrogen and oxygen atoms in total. The zero-order valence-electron chi connectivity index (χ0n) is 17.4. The smallest absolute Gasteiger partial charge is 0.354 e. The third-order valence-corrected chi connectivity index (χ3v) is 5.73. The highest BCUT2D eigenvalue weighted by Crippen LogP contribution is 2.39. The Hall–Kier alpha value is -2.87. The molecule has 30 heavy (non-hydrogen) atoms. The molecule has 1 heterocycles. The van der Waals surface area contributed by atoms with E-state index in [0.717, 1.165) is 16.7 Å². The average Bonchev–Trinajstić information content (AvgIpc) is 3.02. The van der Waals surface area contributed by atoms with E-state index in [2.05, 4.69) is 5.10 Å². The third-order valence-electron chi connectivity index (χ3n) is 5.73. The zero-order valence-corrected chi connectivity index (χ0v) is 17.4. The van der Waals surface area contributed by atoms with Gasteiger partial charge in [-0.25, -0.2) is 4.79 Å². The lowest BCUT2D eigenvalue weighted by molar-refractivity contribution is -0.139. The number of aryl methyl sites for hydroxylation is 3. The van der Waals surface area contributed by atoms with Gasteiger partial charge in [-0.05, 0) is 67.3 Å². The number of hydrogen-bond acceptors (Lipinski definition) is 5. The van der Waals surface area contributed by atoms with Gasteiger partial charge < -0.3 is 21.1 Å². The van der Waals surface area contributed by atoms with E-state index in [1.807, 2.05) is 19.9 Å². The van der Waals surface area contributed by atoms with Crippen LogP contribution in [0.5, 0.6) is 5.75 Å². The van der Waals surface area contributed by atoms with Gasteiger partial charge in [0.05, 0.1) is 12.1 Å². The van der Waals surface area contributed by atoms with Crippen LogP contribution >= 0.6 is 0 Å². The van der Waals surface area contributed by atoms with Gasteiger partial charge in [0, 0.05) is 17.7 Å². The minimum atomic E-state index is -1.00. The fraction of sp³-hybridized carbons (Fsp3) is 0.500. The number of carboxylic acid groups (broad SMARTS) is 2. The lowest BCUT2D eigenvalue weighted by Crippen LogP contribution is -2.17. The summed E-state index contributed by atoms with van der Waals surface area (Å²) in [4.78, 5) is 22.9. The van der Waals surface area contributed by atoms with E-state index in [0.29, 0.717) is 56.5 Å². The molecular weight excluding hydrogens is 386 g/mol. The van der Waals surface area contributed by atoms with Crippen LogP contribution in [0.25, 0.3) is 11.3 Å². The molecule has 1 aromatic heterocycles. The van der Waals surface area contributed by atoms with Gasteiger partial charge in [-0.2, -0.15) is 5.10 Å². The number of hydrogen-bond donors (Lipinski definition) is 4. The summed E-state index contributed by atoms with van der Waals surface area (Å²) in [7, 11) is 0. The molecule has 0 radical (unpaired) electrons. The van der Waals surface area contributed by atoms with Gasteiger partial charge in [-0.15, -0.1) is 0 Å². The largest absolute Gasteiger partial charge is 0.508 e. The number of rotatable bonds is 9. The number of aromatic nitrogens is 2. The predicted octanol–water partition coefficient (Wildman–Crippen LogP) is 2.83. The molecule has 0 unspecified atom stereocenters. The van der Waals surface area contributed by atoms with Gasteiger partial charge >= 0.3 is 11.9 Å². The Kier molecular flexibility index (Phi) is 6.17. The van der Waals surface area contributed by atoms with Crippen molar-refractivity contribution >= 4 is 11.9 Å². The number of aromatic carboxylic acids is 1. The number of carboxylic acids is 2. The molecule has 0 spiro atoms. The van der Waals surface area contributed by atoms with Crippen LogP contribution < -0.4 is 5.73 Å². The topological polar surface area (TPSA) is 139 Å². The number of phenolic OH excluding ortho intramolecular Hbond substituents is 1. The molecular formula is C22H29N3O5. The van der Waals surface area contributed by atoms with Gasteiger partial charge in [0.15, 0.2) is 0 Å². The molecule has 8 heteroatoms. The van der Waals surface area contributed by atoms with Crippen molar-refractivity contribution in [2.45, 2.75) is 58.9 Å². The summed E-state index contributed by atoms with van der Waals surface area (Å²) in [5, 5.41) is 33.9. The molecule has 0 fully saturated rings. The van der Waals surface area contributed by atoms with E-state index < -0.39 is 17.4 Å². The SMILES string of the molecule is CC(C)(CCc1cc2c(cc1O)CCc1c-2nn(CCCN)c1C(=O)O)CC(=O)O. The van der Waals surface area contributed by atoms with Gasteiger partial charge in [-0.1, -0.05) is 13.8 Å². The molecule has 2 aromatic rings. The molecule has 0 saturated heterocycles. The van der Waals surface area contributed by atoms with E-state index in [4.69, 9.17) is 10.8 Å². The van der Waals surface area contributed by atoms with E-state index in [1.54, 1.807) is 6.07 Å². The maximum absolute atomic E-state index is 11.9. The molecule has 3 rings (SSSR count). The normalized spacial score (nSPS) is 13.0. The summed E-state index contributed by atoms with van der Waals surface area (Å²) in [6.07, 6.45) is 2.99. The summed E-state index contributed by atoms with van der Waals surface area (Å²) in [5.41, 5.74) is 9.25. The van der Waals surface area contributed by atoms with Crippen LogP contribution in [0.15, 0.2) is 12.1 Å². The van der Waals surface area contributed by atoms with Crippen molar-refractivity contribution in [3.8, 4) is 17.0 Å². The van der Waals surface area contributed by atoms with Crippen LogP contribution in [0, 0.1) is 5.41 Å². The van der Waals surface area contributed by atoms with Crippen molar-refractivity contribution < 1.29 is 24.9 Å². The molecule has 0 aliphatic heterocycles. The van der Waals surface area contributed by atoms with Crippen molar-refractivity contribution in [1.29, 1.82) is 0 Å². The Morgan fingerprint density at radius 3 is 2.60 bits per heavy atom. The maximum atomic E-state index is 11.9. The van der Waals surface area contributed by atoms with Crippen molar-refractivity contribution in [3.63, 3.8) is 0 Å². The molecule has 0 bridgehead atoms. The fourth-order valence-corrected chi connectivity index (χ4v) is 4.13. The zero-order chi connectivity index (χ0) is 22.1. The molecule has 1 aromatic carbocycles. The molecule has 1 aliphatic carbocycles. The summed E-state index contributed by atoms with van der Waals surface area (Å²) in [6.45, 7) is 4.68. The molecule has 5 N–H and O–H groups in total. The first-order chi connectivity index (χ1) is 14.1. The predicted molar refractivity (Wildman–Crippen MR) is 112 cm³/mol. The first-order valence-corrected chi connectivity index (χ1v) is 10.2. The van der Waals surface area contributed by atoms with Crippen LogP contribution in [0.1, 0.15) is 60.3 Å². The molecule has 162 valence electrons. The number of benzene rings is 1. The second-order valence-electron chi connectivity index (χ2n) is 8.72. The van der Waals surface area contributed by atoms with Gasteiger partial charge in [0.25, 0.3) is 0 Å². The number of fused-ring (bicyclic) bond motifs is 3. The number of aliphatic carboxylic acids is 1. The Morgan fingerprint density at radius 1 is 1.23 bits per heavy atom. The maximum Gasteiger partial charge on any atom is 0.354 e. The van der Waals surface area contributed by atoms with Crippen LogP contribution in [0.4, 0.5) is 0 Å². The Bertz CT molecular complexity index is 978. The summed E-state index contributed by atoms with van der Waals surface area (Å²) in [5.74, 6) is -1.66. The van der Waals surface area contributed by atoms with E-state index in [9.17, 15) is 19.8 Å². The molecule has 1 aliphatic rings. The Morgan fingerprint density at radius 2 is 1.97 bits per heavy atom. The first kappa shape index (κ1) is 21.8. The van der Waals surface area contributed by atoms with Crippen molar-refractivity contribution in [1.82, 2.24) is 9.78 Å². The lowest BCUT2D eigenvalue weighted by Gasteiger charge is -2.23. The monoisotopic (exact) mass is 415 g/mol.